The summed E-state index contributed by atoms with van der Waals surface area (Å²) >= 11 is 3.46. The standard InChI is InChI=1S/C16H27BrN2O2/c1-4-5-6-20-7-8-21-16-14(9-15(17)12-19-16)11-18-10-13(2)3/h9,12-13,18H,4-8,10-11H2,1-3H3. The summed E-state index contributed by atoms with van der Waals surface area (Å²) in [6.07, 6.45) is 4.01. The van der Waals surface area contributed by atoms with Crippen molar-refractivity contribution in [2.75, 3.05) is 26.4 Å². The first kappa shape index (κ1) is 18.4. The first-order chi connectivity index (χ1) is 10.1. The second-order valence-corrected chi connectivity index (χ2v) is 6.37. The predicted molar refractivity (Wildman–Crippen MR) is 89.7 cm³/mol. The van der Waals surface area contributed by atoms with Crippen molar-refractivity contribution in [1.82, 2.24) is 10.3 Å². The Morgan fingerprint density at radius 2 is 2.10 bits per heavy atom. The van der Waals surface area contributed by atoms with Crippen LogP contribution in [-0.4, -0.2) is 31.3 Å². The summed E-state index contributed by atoms with van der Waals surface area (Å²) in [6.45, 7) is 10.2. The van der Waals surface area contributed by atoms with Gasteiger partial charge >= 0.3 is 0 Å². The van der Waals surface area contributed by atoms with E-state index in [2.05, 4.69) is 47.0 Å². The van der Waals surface area contributed by atoms with Crippen molar-refractivity contribution in [3.63, 3.8) is 0 Å². The van der Waals surface area contributed by atoms with Crippen LogP contribution in [0.15, 0.2) is 16.7 Å². The molecule has 1 aromatic heterocycles. The third-order valence-electron chi connectivity index (χ3n) is 2.87. The number of nitrogens with one attached hydrogen (secondary N) is 1. The van der Waals surface area contributed by atoms with E-state index in [1.807, 2.05) is 6.07 Å². The average molecular weight is 359 g/mol. The lowest BCUT2D eigenvalue weighted by Gasteiger charge is -2.12. The molecule has 1 aromatic rings. The highest BCUT2D eigenvalue weighted by Gasteiger charge is 2.07. The van der Waals surface area contributed by atoms with Crippen molar-refractivity contribution in [2.45, 2.75) is 40.2 Å². The predicted octanol–water partition coefficient (Wildman–Crippen LogP) is 3.79. The maximum atomic E-state index is 5.73. The summed E-state index contributed by atoms with van der Waals surface area (Å²) in [5.74, 6) is 1.31. The number of halogens is 1. The summed E-state index contributed by atoms with van der Waals surface area (Å²) in [5.41, 5.74) is 1.07. The molecule has 0 spiro atoms. The highest BCUT2D eigenvalue weighted by molar-refractivity contribution is 9.10. The minimum Gasteiger partial charge on any atom is -0.475 e. The van der Waals surface area contributed by atoms with Crippen LogP contribution in [0.25, 0.3) is 0 Å². The molecule has 0 fully saturated rings. The van der Waals surface area contributed by atoms with Crippen molar-refractivity contribution in [2.24, 2.45) is 5.92 Å². The minimum atomic E-state index is 0.537. The topological polar surface area (TPSA) is 43.4 Å². The van der Waals surface area contributed by atoms with E-state index in [0.29, 0.717) is 25.0 Å². The first-order valence-corrected chi connectivity index (χ1v) is 8.48. The molecule has 120 valence electrons. The molecule has 0 saturated heterocycles. The minimum absolute atomic E-state index is 0.537. The van der Waals surface area contributed by atoms with Crippen molar-refractivity contribution >= 4 is 15.9 Å². The van der Waals surface area contributed by atoms with Gasteiger partial charge in [0.1, 0.15) is 6.61 Å². The van der Waals surface area contributed by atoms with Gasteiger partial charge in [-0.25, -0.2) is 4.98 Å². The second-order valence-electron chi connectivity index (χ2n) is 5.46. The molecule has 0 radical (unpaired) electrons. The van der Waals surface area contributed by atoms with Crippen molar-refractivity contribution in [1.29, 1.82) is 0 Å². The quantitative estimate of drug-likeness (QED) is 0.611. The maximum absolute atomic E-state index is 5.73. The number of pyridine rings is 1. The largest absolute Gasteiger partial charge is 0.475 e. The summed E-state index contributed by atoms with van der Waals surface area (Å²) in [6, 6.07) is 2.05. The molecule has 0 unspecified atom stereocenters. The lowest BCUT2D eigenvalue weighted by molar-refractivity contribution is 0.0961. The lowest BCUT2D eigenvalue weighted by Crippen LogP contribution is -2.20. The molecule has 0 bridgehead atoms. The van der Waals surface area contributed by atoms with Gasteiger partial charge < -0.3 is 14.8 Å². The van der Waals surface area contributed by atoms with E-state index in [9.17, 15) is 0 Å². The Morgan fingerprint density at radius 3 is 2.81 bits per heavy atom. The molecule has 4 nitrogen and oxygen atoms in total. The highest BCUT2D eigenvalue weighted by atomic mass is 79.9. The fraction of sp³-hybridized carbons (Fsp3) is 0.688. The van der Waals surface area contributed by atoms with Crippen LogP contribution in [0.3, 0.4) is 0 Å². The van der Waals surface area contributed by atoms with E-state index in [1.165, 1.54) is 0 Å². The van der Waals surface area contributed by atoms with Crippen LogP contribution in [0.2, 0.25) is 0 Å². The fourth-order valence-electron chi connectivity index (χ4n) is 1.77. The smallest absolute Gasteiger partial charge is 0.217 e. The number of hydrogen-bond acceptors (Lipinski definition) is 4. The van der Waals surface area contributed by atoms with Gasteiger partial charge in [0.2, 0.25) is 5.88 Å². The Kier molecular flexibility index (Phi) is 9.63. The molecule has 0 aliphatic heterocycles. The van der Waals surface area contributed by atoms with Crippen LogP contribution in [0.4, 0.5) is 0 Å². The van der Waals surface area contributed by atoms with Gasteiger partial charge in [0.15, 0.2) is 0 Å². The van der Waals surface area contributed by atoms with Crippen molar-refractivity contribution in [3.05, 3.63) is 22.3 Å². The first-order valence-electron chi connectivity index (χ1n) is 7.69. The van der Waals surface area contributed by atoms with Crippen LogP contribution < -0.4 is 10.1 Å². The van der Waals surface area contributed by atoms with E-state index >= 15 is 0 Å². The summed E-state index contributed by atoms with van der Waals surface area (Å²) in [4.78, 5) is 4.35. The van der Waals surface area contributed by atoms with Crippen LogP contribution in [-0.2, 0) is 11.3 Å². The van der Waals surface area contributed by atoms with Crippen LogP contribution in [0, 0.1) is 5.92 Å². The van der Waals surface area contributed by atoms with Gasteiger partial charge in [-0.2, -0.15) is 0 Å². The number of ether oxygens (including phenoxy) is 2. The van der Waals surface area contributed by atoms with E-state index in [4.69, 9.17) is 9.47 Å². The molecular weight excluding hydrogens is 332 g/mol. The average Bonchev–Trinajstić information content (AvgIpc) is 2.44. The zero-order chi connectivity index (χ0) is 15.5. The molecule has 21 heavy (non-hydrogen) atoms. The SMILES string of the molecule is CCCCOCCOc1ncc(Br)cc1CNCC(C)C. The number of unbranched alkanes of at least 4 members (excludes halogenated alkanes) is 1. The van der Waals surface area contributed by atoms with Gasteiger partial charge in [-0.1, -0.05) is 27.2 Å². The van der Waals surface area contributed by atoms with E-state index in [-0.39, 0.29) is 0 Å². The number of rotatable bonds is 11. The molecule has 0 atom stereocenters. The number of aromatic nitrogens is 1. The lowest BCUT2D eigenvalue weighted by atomic mass is 10.2. The Morgan fingerprint density at radius 1 is 1.29 bits per heavy atom. The molecule has 1 heterocycles. The highest BCUT2D eigenvalue weighted by Crippen LogP contribution is 2.20. The molecule has 0 aliphatic carbocycles. The third kappa shape index (κ3) is 8.39. The maximum Gasteiger partial charge on any atom is 0.217 e. The fourth-order valence-corrected chi connectivity index (χ4v) is 2.15. The molecule has 1 rings (SSSR count). The molecule has 0 saturated carbocycles. The van der Waals surface area contributed by atoms with E-state index in [0.717, 1.165) is 42.6 Å². The van der Waals surface area contributed by atoms with Gasteiger partial charge in [0.25, 0.3) is 0 Å². The zero-order valence-corrected chi connectivity index (χ0v) is 14.9. The van der Waals surface area contributed by atoms with Gasteiger partial charge in [-0.05, 0) is 40.9 Å². The van der Waals surface area contributed by atoms with Crippen LogP contribution in [0.1, 0.15) is 39.2 Å². The summed E-state index contributed by atoms with van der Waals surface area (Å²) in [5, 5.41) is 3.41. The van der Waals surface area contributed by atoms with Crippen molar-refractivity contribution < 1.29 is 9.47 Å². The molecule has 1 N–H and O–H groups in total. The Hall–Kier alpha value is -0.650. The third-order valence-corrected chi connectivity index (χ3v) is 3.30. The second kappa shape index (κ2) is 11.0. The normalized spacial score (nSPS) is 11.1. The Labute approximate surface area is 136 Å². The Balaban J connectivity index is 2.40. The Bertz CT molecular complexity index is 400. The molecule has 0 amide bonds. The molecular formula is C16H27BrN2O2. The summed E-state index contributed by atoms with van der Waals surface area (Å²) in [7, 11) is 0. The molecule has 0 aromatic carbocycles. The number of nitrogens with zero attached hydrogens (tertiary/aromatic N) is 1. The molecule has 5 heteroatoms. The summed E-state index contributed by atoms with van der Waals surface area (Å²) < 4.78 is 12.2. The van der Waals surface area contributed by atoms with Gasteiger partial charge in [0, 0.05) is 29.4 Å². The van der Waals surface area contributed by atoms with Gasteiger partial charge in [-0.15, -0.1) is 0 Å². The molecule has 0 aliphatic rings. The van der Waals surface area contributed by atoms with E-state index < -0.39 is 0 Å². The van der Waals surface area contributed by atoms with Gasteiger partial charge in [0.05, 0.1) is 6.61 Å². The monoisotopic (exact) mass is 358 g/mol. The van der Waals surface area contributed by atoms with Gasteiger partial charge in [-0.3, -0.25) is 0 Å². The van der Waals surface area contributed by atoms with E-state index in [1.54, 1.807) is 6.20 Å². The zero-order valence-electron chi connectivity index (χ0n) is 13.3. The van der Waals surface area contributed by atoms with Crippen LogP contribution in [0.5, 0.6) is 5.88 Å². The van der Waals surface area contributed by atoms with Crippen LogP contribution >= 0.6 is 15.9 Å². The van der Waals surface area contributed by atoms with Crippen molar-refractivity contribution in [3.8, 4) is 5.88 Å². The number of hydrogen-bond donors (Lipinski definition) is 1.